The Balaban J connectivity index is 2.04. The summed E-state index contributed by atoms with van der Waals surface area (Å²) in [5, 5.41) is 2.85. The van der Waals surface area contributed by atoms with Crippen molar-refractivity contribution in [1.29, 1.82) is 0 Å². The standard InChI is InChI=1S/C8H15NO2/c1-3-11-8-4-7(5-8)9-6(2)10/h7-8H,3-5H2,1-2H3,(H,9,10). The van der Waals surface area contributed by atoms with Crippen molar-refractivity contribution >= 4 is 5.91 Å². The Morgan fingerprint density at radius 3 is 2.73 bits per heavy atom. The minimum absolute atomic E-state index is 0.0601. The summed E-state index contributed by atoms with van der Waals surface area (Å²) in [6.07, 6.45) is 2.35. The van der Waals surface area contributed by atoms with E-state index in [-0.39, 0.29) is 5.91 Å². The van der Waals surface area contributed by atoms with Gasteiger partial charge in [-0.05, 0) is 19.8 Å². The summed E-state index contributed by atoms with van der Waals surface area (Å²) >= 11 is 0. The van der Waals surface area contributed by atoms with Crippen LogP contribution in [0, 0.1) is 0 Å². The van der Waals surface area contributed by atoms with Crippen LogP contribution in [-0.2, 0) is 9.53 Å². The number of amides is 1. The maximum atomic E-state index is 10.6. The summed E-state index contributed by atoms with van der Waals surface area (Å²) in [5.41, 5.74) is 0. The molecular formula is C8H15NO2. The zero-order chi connectivity index (χ0) is 8.27. The Bertz CT molecular complexity index is 141. The van der Waals surface area contributed by atoms with Gasteiger partial charge in [0.2, 0.25) is 5.91 Å². The summed E-state index contributed by atoms with van der Waals surface area (Å²) < 4.78 is 5.34. The topological polar surface area (TPSA) is 38.3 Å². The SMILES string of the molecule is CCOC1CC(NC(C)=O)C1. The minimum atomic E-state index is 0.0601. The van der Waals surface area contributed by atoms with Crippen molar-refractivity contribution in [2.75, 3.05) is 6.61 Å². The van der Waals surface area contributed by atoms with E-state index in [9.17, 15) is 4.79 Å². The van der Waals surface area contributed by atoms with E-state index >= 15 is 0 Å². The van der Waals surface area contributed by atoms with Crippen molar-refractivity contribution in [3.63, 3.8) is 0 Å². The molecule has 0 aromatic rings. The van der Waals surface area contributed by atoms with Gasteiger partial charge >= 0.3 is 0 Å². The third-order valence-electron chi connectivity index (χ3n) is 1.90. The predicted octanol–water partition coefficient (Wildman–Crippen LogP) is 0.690. The molecule has 0 radical (unpaired) electrons. The van der Waals surface area contributed by atoms with E-state index in [1.54, 1.807) is 6.92 Å². The van der Waals surface area contributed by atoms with Crippen LogP contribution >= 0.6 is 0 Å². The van der Waals surface area contributed by atoms with Crippen molar-refractivity contribution in [1.82, 2.24) is 5.32 Å². The molecule has 1 rings (SSSR count). The molecule has 0 aromatic carbocycles. The van der Waals surface area contributed by atoms with E-state index in [4.69, 9.17) is 4.74 Å². The first-order valence-electron chi connectivity index (χ1n) is 4.11. The lowest BCUT2D eigenvalue weighted by Gasteiger charge is -2.34. The first-order valence-corrected chi connectivity index (χ1v) is 4.11. The summed E-state index contributed by atoms with van der Waals surface area (Å²) in [5.74, 6) is 0.0601. The van der Waals surface area contributed by atoms with Gasteiger partial charge in [-0.2, -0.15) is 0 Å². The average Bonchev–Trinajstić information content (AvgIpc) is 1.82. The molecule has 1 fully saturated rings. The highest BCUT2D eigenvalue weighted by atomic mass is 16.5. The van der Waals surface area contributed by atoms with E-state index in [0.29, 0.717) is 12.1 Å². The van der Waals surface area contributed by atoms with E-state index in [2.05, 4.69) is 5.32 Å². The molecule has 3 nitrogen and oxygen atoms in total. The Labute approximate surface area is 67.1 Å². The monoisotopic (exact) mass is 157 g/mol. The van der Waals surface area contributed by atoms with E-state index < -0.39 is 0 Å². The Morgan fingerprint density at radius 1 is 1.64 bits per heavy atom. The van der Waals surface area contributed by atoms with Gasteiger partial charge in [-0.3, -0.25) is 4.79 Å². The third-order valence-corrected chi connectivity index (χ3v) is 1.90. The van der Waals surface area contributed by atoms with Crippen LogP contribution in [-0.4, -0.2) is 24.7 Å². The molecule has 0 aliphatic heterocycles. The van der Waals surface area contributed by atoms with E-state index in [1.807, 2.05) is 6.92 Å². The fraction of sp³-hybridized carbons (Fsp3) is 0.875. The molecule has 3 heteroatoms. The lowest BCUT2D eigenvalue weighted by Crippen LogP contribution is -2.47. The molecule has 1 aliphatic rings. The van der Waals surface area contributed by atoms with Gasteiger partial charge in [0, 0.05) is 19.6 Å². The molecule has 0 spiro atoms. The van der Waals surface area contributed by atoms with Crippen molar-refractivity contribution in [2.45, 2.75) is 38.8 Å². The maximum absolute atomic E-state index is 10.6. The second-order valence-corrected chi connectivity index (χ2v) is 2.95. The Kier molecular flexibility index (Phi) is 2.88. The molecule has 0 aromatic heterocycles. The molecule has 0 saturated heterocycles. The molecule has 0 heterocycles. The van der Waals surface area contributed by atoms with Crippen LogP contribution in [0.1, 0.15) is 26.7 Å². The van der Waals surface area contributed by atoms with E-state index in [1.165, 1.54) is 0 Å². The summed E-state index contributed by atoms with van der Waals surface area (Å²) in [4.78, 5) is 10.6. The first-order chi connectivity index (χ1) is 5.22. The highest BCUT2D eigenvalue weighted by molar-refractivity contribution is 5.73. The number of rotatable bonds is 3. The fourth-order valence-corrected chi connectivity index (χ4v) is 1.34. The van der Waals surface area contributed by atoms with Crippen LogP contribution in [0.25, 0.3) is 0 Å². The van der Waals surface area contributed by atoms with Gasteiger partial charge in [0.25, 0.3) is 0 Å². The first kappa shape index (κ1) is 8.53. The van der Waals surface area contributed by atoms with Gasteiger partial charge in [0.15, 0.2) is 0 Å². The van der Waals surface area contributed by atoms with Crippen LogP contribution < -0.4 is 5.32 Å². The number of carbonyl (C=O) groups is 1. The molecule has 0 unspecified atom stereocenters. The van der Waals surface area contributed by atoms with Gasteiger partial charge in [0.1, 0.15) is 0 Å². The zero-order valence-electron chi connectivity index (χ0n) is 7.09. The number of hydrogen-bond acceptors (Lipinski definition) is 2. The normalized spacial score (nSPS) is 29.3. The molecule has 1 aliphatic carbocycles. The quantitative estimate of drug-likeness (QED) is 0.654. The fourth-order valence-electron chi connectivity index (χ4n) is 1.34. The zero-order valence-corrected chi connectivity index (χ0v) is 7.09. The van der Waals surface area contributed by atoms with Gasteiger partial charge in [-0.15, -0.1) is 0 Å². The molecule has 11 heavy (non-hydrogen) atoms. The Morgan fingerprint density at radius 2 is 2.27 bits per heavy atom. The summed E-state index contributed by atoms with van der Waals surface area (Å²) in [6, 6.07) is 0.365. The summed E-state index contributed by atoms with van der Waals surface area (Å²) in [7, 11) is 0. The van der Waals surface area contributed by atoms with Crippen molar-refractivity contribution in [3.8, 4) is 0 Å². The lowest BCUT2D eigenvalue weighted by molar-refractivity contribution is -0.121. The molecule has 64 valence electrons. The summed E-state index contributed by atoms with van der Waals surface area (Å²) in [6.45, 7) is 4.32. The highest BCUT2D eigenvalue weighted by Crippen LogP contribution is 2.22. The van der Waals surface area contributed by atoms with E-state index in [0.717, 1.165) is 19.4 Å². The number of hydrogen-bond donors (Lipinski definition) is 1. The maximum Gasteiger partial charge on any atom is 0.217 e. The van der Waals surface area contributed by atoms with Gasteiger partial charge in [-0.25, -0.2) is 0 Å². The molecule has 0 atom stereocenters. The lowest BCUT2D eigenvalue weighted by atomic mass is 9.89. The molecule has 0 bridgehead atoms. The second-order valence-electron chi connectivity index (χ2n) is 2.95. The predicted molar refractivity (Wildman–Crippen MR) is 42.3 cm³/mol. The van der Waals surface area contributed by atoms with Gasteiger partial charge in [-0.1, -0.05) is 0 Å². The molecular weight excluding hydrogens is 142 g/mol. The van der Waals surface area contributed by atoms with Crippen LogP contribution in [0.3, 0.4) is 0 Å². The third kappa shape index (κ3) is 2.50. The number of ether oxygens (including phenoxy) is 1. The minimum Gasteiger partial charge on any atom is -0.378 e. The second kappa shape index (κ2) is 3.72. The van der Waals surface area contributed by atoms with Gasteiger partial charge in [0.05, 0.1) is 6.10 Å². The van der Waals surface area contributed by atoms with Crippen LogP contribution in [0.4, 0.5) is 0 Å². The van der Waals surface area contributed by atoms with Crippen molar-refractivity contribution in [3.05, 3.63) is 0 Å². The average molecular weight is 157 g/mol. The smallest absolute Gasteiger partial charge is 0.217 e. The Hall–Kier alpha value is -0.570. The van der Waals surface area contributed by atoms with Crippen LogP contribution in [0.15, 0.2) is 0 Å². The number of nitrogens with one attached hydrogen (secondary N) is 1. The van der Waals surface area contributed by atoms with Crippen molar-refractivity contribution in [2.24, 2.45) is 0 Å². The molecule has 1 saturated carbocycles. The van der Waals surface area contributed by atoms with Crippen LogP contribution in [0.2, 0.25) is 0 Å². The van der Waals surface area contributed by atoms with Crippen LogP contribution in [0.5, 0.6) is 0 Å². The number of carbonyl (C=O) groups excluding carboxylic acids is 1. The largest absolute Gasteiger partial charge is 0.378 e. The van der Waals surface area contributed by atoms with Crippen molar-refractivity contribution < 1.29 is 9.53 Å². The highest BCUT2D eigenvalue weighted by Gasteiger charge is 2.29. The molecule has 1 amide bonds. The van der Waals surface area contributed by atoms with Gasteiger partial charge < -0.3 is 10.1 Å². The molecule has 1 N–H and O–H groups in total.